The first-order chi connectivity index (χ1) is 13.3. The highest BCUT2D eigenvalue weighted by atomic mass is 35.5. The van der Waals surface area contributed by atoms with Crippen LogP contribution in [0.3, 0.4) is 0 Å². The summed E-state index contributed by atoms with van der Waals surface area (Å²) in [7, 11) is -3.84. The normalized spacial score (nSPS) is 11.3. The molecule has 2 rings (SSSR count). The number of benzene rings is 2. The van der Waals surface area contributed by atoms with Crippen molar-refractivity contribution in [1.82, 2.24) is 10.1 Å². The third kappa shape index (κ3) is 6.99. The summed E-state index contributed by atoms with van der Waals surface area (Å²) in [5, 5.41) is 12.6. The number of carbonyl (C=O) groups excluding carboxylic acids is 1. The molecule has 28 heavy (non-hydrogen) atoms. The Kier molecular flexibility index (Phi) is 7.50. The van der Waals surface area contributed by atoms with Crippen LogP contribution in [0.15, 0.2) is 58.5 Å². The van der Waals surface area contributed by atoms with Crippen LogP contribution in [-0.4, -0.2) is 44.8 Å². The third-order valence-electron chi connectivity index (χ3n) is 3.19. The SMILES string of the molecule is O=C(O)COc1ccc(C=NNC(=O)CNS(=O)(=O)c2ccc(Cl)cc2)cc1. The number of nitrogens with zero attached hydrogens (tertiary/aromatic N) is 1. The zero-order valence-electron chi connectivity index (χ0n) is 14.3. The molecule has 9 nitrogen and oxygen atoms in total. The zero-order valence-corrected chi connectivity index (χ0v) is 15.9. The number of hydrogen-bond acceptors (Lipinski definition) is 6. The Morgan fingerprint density at radius 3 is 2.36 bits per heavy atom. The van der Waals surface area contributed by atoms with Gasteiger partial charge in [0.1, 0.15) is 5.75 Å². The quantitative estimate of drug-likeness (QED) is 0.408. The van der Waals surface area contributed by atoms with Crippen molar-refractivity contribution in [2.24, 2.45) is 5.10 Å². The number of sulfonamides is 1. The number of hydrogen-bond donors (Lipinski definition) is 3. The topological polar surface area (TPSA) is 134 Å². The lowest BCUT2D eigenvalue weighted by atomic mass is 10.2. The predicted octanol–water partition coefficient (Wildman–Crippen LogP) is 1.23. The summed E-state index contributed by atoms with van der Waals surface area (Å²) in [4.78, 5) is 22.1. The Morgan fingerprint density at radius 1 is 1.11 bits per heavy atom. The number of halogens is 1. The third-order valence-corrected chi connectivity index (χ3v) is 4.86. The largest absolute Gasteiger partial charge is 0.482 e. The fourth-order valence-electron chi connectivity index (χ4n) is 1.87. The van der Waals surface area contributed by atoms with Crippen LogP contribution >= 0.6 is 11.6 Å². The summed E-state index contributed by atoms with van der Waals surface area (Å²) in [6.45, 7) is -0.945. The van der Waals surface area contributed by atoms with Crippen LogP contribution in [0.1, 0.15) is 5.56 Å². The van der Waals surface area contributed by atoms with E-state index in [0.717, 1.165) is 0 Å². The maximum Gasteiger partial charge on any atom is 0.341 e. The van der Waals surface area contributed by atoms with Gasteiger partial charge in [-0.25, -0.2) is 23.4 Å². The number of nitrogens with one attached hydrogen (secondary N) is 2. The van der Waals surface area contributed by atoms with Crippen molar-refractivity contribution in [2.75, 3.05) is 13.2 Å². The van der Waals surface area contributed by atoms with Crippen LogP contribution in [0.25, 0.3) is 0 Å². The molecule has 0 heterocycles. The van der Waals surface area contributed by atoms with Gasteiger partial charge in [-0.15, -0.1) is 0 Å². The molecule has 0 fully saturated rings. The Morgan fingerprint density at radius 2 is 1.75 bits per heavy atom. The first-order valence-electron chi connectivity index (χ1n) is 7.78. The molecule has 0 saturated heterocycles. The van der Waals surface area contributed by atoms with Gasteiger partial charge in [-0.1, -0.05) is 11.6 Å². The zero-order chi connectivity index (χ0) is 20.6. The molecule has 0 radical (unpaired) electrons. The molecular formula is C17H16ClN3O6S. The molecule has 0 aromatic heterocycles. The molecule has 2 aromatic rings. The highest BCUT2D eigenvalue weighted by Crippen LogP contribution is 2.13. The summed E-state index contributed by atoms with van der Waals surface area (Å²) in [6.07, 6.45) is 1.34. The minimum atomic E-state index is -3.84. The summed E-state index contributed by atoms with van der Waals surface area (Å²) in [5.41, 5.74) is 2.81. The van der Waals surface area contributed by atoms with Gasteiger partial charge >= 0.3 is 5.97 Å². The second kappa shape index (κ2) is 9.83. The molecule has 0 unspecified atom stereocenters. The van der Waals surface area contributed by atoms with Gasteiger partial charge in [0, 0.05) is 5.02 Å². The van der Waals surface area contributed by atoms with E-state index in [9.17, 15) is 18.0 Å². The van der Waals surface area contributed by atoms with Crippen LogP contribution in [0.4, 0.5) is 0 Å². The van der Waals surface area contributed by atoms with E-state index in [2.05, 4.69) is 15.2 Å². The molecule has 0 aliphatic rings. The minimum Gasteiger partial charge on any atom is -0.482 e. The first-order valence-corrected chi connectivity index (χ1v) is 9.64. The van der Waals surface area contributed by atoms with Crippen molar-refractivity contribution >= 4 is 39.7 Å². The Labute approximate surface area is 166 Å². The van der Waals surface area contributed by atoms with Crippen molar-refractivity contribution < 1.29 is 27.9 Å². The van der Waals surface area contributed by atoms with Gasteiger partial charge < -0.3 is 9.84 Å². The molecule has 0 saturated carbocycles. The fourth-order valence-corrected chi connectivity index (χ4v) is 2.98. The van der Waals surface area contributed by atoms with E-state index in [1.54, 1.807) is 24.3 Å². The second-order valence-electron chi connectivity index (χ2n) is 5.32. The van der Waals surface area contributed by atoms with E-state index >= 15 is 0 Å². The molecule has 11 heteroatoms. The monoisotopic (exact) mass is 425 g/mol. The van der Waals surface area contributed by atoms with Gasteiger partial charge in [-0.3, -0.25) is 4.79 Å². The number of amides is 1. The molecule has 0 aliphatic carbocycles. The first kappa shape index (κ1) is 21.4. The fraction of sp³-hybridized carbons (Fsp3) is 0.118. The van der Waals surface area contributed by atoms with E-state index < -0.39 is 35.1 Å². The van der Waals surface area contributed by atoms with E-state index in [1.165, 1.54) is 30.5 Å². The highest BCUT2D eigenvalue weighted by molar-refractivity contribution is 7.89. The molecule has 148 valence electrons. The number of rotatable bonds is 9. The molecular weight excluding hydrogens is 410 g/mol. The van der Waals surface area contributed by atoms with Gasteiger partial charge in [0.2, 0.25) is 10.0 Å². The smallest absolute Gasteiger partial charge is 0.341 e. The van der Waals surface area contributed by atoms with Gasteiger partial charge in [0.05, 0.1) is 17.7 Å². The van der Waals surface area contributed by atoms with Crippen molar-refractivity contribution in [3.63, 3.8) is 0 Å². The van der Waals surface area contributed by atoms with E-state index in [4.69, 9.17) is 21.4 Å². The van der Waals surface area contributed by atoms with Gasteiger partial charge in [-0.2, -0.15) is 5.10 Å². The summed E-state index contributed by atoms with van der Waals surface area (Å²) < 4.78 is 31.2. The van der Waals surface area contributed by atoms with Crippen molar-refractivity contribution in [3.8, 4) is 5.75 Å². The number of aliphatic carboxylic acids is 1. The Hall–Kier alpha value is -2.95. The summed E-state index contributed by atoms with van der Waals surface area (Å²) in [6, 6.07) is 11.8. The average molecular weight is 426 g/mol. The molecule has 0 spiro atoms. The predicted molar refractivity (Wildman–Crippen MR) is 102 cm³/mol. The Balaban J connectivity index is 1.81. The number of carbonyl (C=O) groups is 2. The molecule has 3 N–H and O–H groups in total. The molecule has 0 aliphatic heterocycles. The van der Waals surface area contributed by atoms with Crippen molar-refractivity contribution in [3.05, 3.63) is 59.1 Å². The second-order valence-corrected chi connectivity index (χ2v) is 7.53. The van der Waals surface area contributed by atoms with E-state index in [1.807, 2.05) is 0 Å². The maximum atomic E-state index is 12.0. The number of carboxylic acids is 1. The van der Waals surface area contributed by atoms with Crippen LogP contribution in [0, 0.1) is 0 Å². The van der Waals surface area contributed by atoms with Crippen molar-refractivity contribution in [1.29, 1.82) is 0 Å². The van der Waals surface area contributed by atoms with E-state index in [0.29, 0.717) is 16.3 Å². The standard InChI is InChI=1S/C17H16ClN3O6S/c18-13-3-7-15(8-4-13)28(25,26)20-10-16(22)21-19-9-12-1-5-14(6-2-12)27-11-17(23)24/h1-9,20H,10-11H2,(H,21,22)(H,23,24). The van der Waals surface area contributed by atoms with Gasteiger partial charge in [-0.05, 0) is 54.1 Å². The highest BCUT2D eigenvalue weighted by Gasteiger charge is 2.15. The number of carboxylic acid groups (broad SMARTS) is 1. The molecule has 0 bridgehead atoms. The number of hydrazone groups is 1. The molecule has 2 aromatic carbocycles. The maximum absolute atomic E-state index is 12.0. The van der Waals surface area contributed by atoms with Crippen molar-refractivity contribution in [2.45, 2.75) is 4.90 Å². The van der Waals surface area contributed by atoms with Crippen LogP contribution in [0.2, 0.25) is 5.02 Å². The van der Waals surface area contributed by atoms with E-state index in [-0.39, 0.29) is 4.90 Å². The van der Waals surface area contributed by atoms with Crippen LogP contribution in [-0.2, 0) is 19.6 Å². The molecule has 1 amide bonds. The molecule has 0 atom stereocenters. The summed E-state index contributed by atoms with van der Waals surface area (Å²) in [5.74, 6) is -1.37. The van der Waals surface area contributed by atoms with Crippen LogP contribution < -0.4 is 14.9 Å². The number of ether oxygens (including phenoxy) is 1. The lowest BCUT2D eigenvalue weighted by molar-refractivity contribution is -0.139. The lowest BCUT2D eigenvalue weighted by Crippen LogP contribution is -2.34. The minimum absolute atomic E-state index is 0.0154. The van der Waals surface area contributed by atoms with Gasteiger partial charge in [0.15, 0.2) is 6.61 Å². The average Bonchev–Trinajstić information content (AvgIpc) is 2.66. The summed E-state index contributed by atoms with van der Waals surface area (Å²) >= 11 is 5.71. The lowest BCUT2D eigenvalue weighted by Gasteiger charge is -2.06. The van der Waals surface area contributed by atoms with Gasteiger partial charge in [0.25, 0.3) is 5.91 Å². The van der Waals surface area contributed by atoms with Crippen LogP contribution in [0.5, 0.6) is 5.75 Å². The Bertz CT molecular complexity index is 959.